The van der Waals surface area contributed by atoms with E-state index in [9.17, 15) is 14.7 Å². The molecule has 110 valence electrons. The Hall–Kier alpha value is -2.56. The number of nitrogens with zero attached hydrogens (tertiary/aromatic N) is 1. The van der Waals surface area contributed by atoms with E-state index in [-0.39, 0.29) is 11.1 Å². The van der Waals surface area contributed by atoms with E-state index in [0.717, 1.165) is 5.56 Å². The second-order valence-electron chi connectivity index (χ2n) is 4.94. The lowest BCUT2D eigenvalue weighted by atomic mass is 10.1. The normalized spacial score (nSPS) is 10.5. The van der Waals surface area contributed by atoms with Gasteiger partial charge in [-0.2, -0.15) is 0 Å². The fourth-order valence-electron chi connectivity index (χ4n) is 2.48. The van der Waals surface area contributed by atoms with Crippen LogP contribution in [0.2, 0.25) is 0 Å². The number of rotatable bonds is 3. The number of carbonyl (C=O) groups is 1. The molecule has 0 aliphatic heterocycles. The van der Waals surface area contributed by atoms with Crippen molar-refractivity contribution in [2.75, 3.05) is 7.11 Å². The molecule has 0 fully saturated rings. The molecule has 0 amide bonds. The SMILES string of the molecule is COc1ccc(C)cc1-n1c(C)c(C(=O)O)c(C)cc1=O. The van der Waals surface area contributed by atoms with Gasteiger partial charge in [-0.1, -0.05) is 6.07 Å². The first kappa shape index (κ1) is 14.8. The van der Waals surface area contributed by atoms with Crippen molar-refractivity contribution < 1.29 is 14.6 Å². The fourth-order valence-corrected chi connectivity index (χ4v) is 2.48. The molecular formula is C16H17NO4. The van der Waals surface area contributed by atoms with Gasteiger partial charge in [-0.3, -0.25) is 9.36 Å². The van der Waals surface area contributed by atoms with Crippen LogP contribution in [0.5, 0.6) is 5.75 Å². The van der Waals surface area contributed by atoms with Crippen LogP contribution < -0.4 is 10.3 Å². The first-order valence-corrected chi connectivity index (χ1v) is 6.48. The molecule has 1 N–H and O–H groups in total. The van der Waals surface area contributed by atoms with E-state index >= 15 is 0 Å². The Bertz CT molecular complexity index is 775. The molecule has 1 heterocycles. The quantitative estimate of drug-likeness (QED) is 0.941. The average Bonchev–Trinajstić information content (AvgIpc) is 2.37. The molecule has 5 heteroatoms. The maximum absolute atomic E-state index is 12.3. The molecule has 0 spiro atoms. The lowest BCUT2D eigenvalue weighted by Gasteiger charge is -2.17. The van der Waals surface area contributed by atoms with Crippen molar-refractivity contribution in [1.82, 2.24) is 4.57 Å². The topological polar surface area (TPSA) is 68.5 Å². The Balaban J connectivity index is 2.88. The van der Waals surface area contributed by atoms with Gasteiger partial charge in [-0.15, -0.1) is 0 Å². The van der Waals surface area contributed by atoms with Crippen molar-refractivity contribution in [1.29, 1.82) is 0 Å². The molecule has 0 aliphatic rings. The second kappa shape index (κ2) is 5.44. The standard InChI is InChI=1S/C16H17NO4/c1-9-5-6-13(21-4)12(7-9)17-11(3)15(16(19)20)10(2)8-14(17)18/h5-8H,1-4H3,(H,19,20). The Labute approximate surface area is 122 Å². The van der Waals surface area contributed by atoms with Crippen molar-refractivity contribution >= 4 is 5.97 Å². The van der Waals surface area contributed by atoms with Crippen LogP contribution in [-0.4, -0.2) is 22.8 Å². The first-order chi connectivity index (χ1) is 9.86. The number of methoxy groups -OCH3 is 1. The molecule has 0 saturated carbocycles. The minimum Gasteiger partial charge on any atom is -0.495 e. The van der Waals surface area contributed by atoms with Gasteiger partial charge in [0.1, 0.15) is 5.75 Å². The molecule has 1 aromatic carbocycles. The van der Waals surface area contributed by atoms with Crippen molar-refractivity contribution in [3.8, 4) is 11.4 Å². The van der Waals surface area contributed by atoms with Crippen LogP contribution in [0.1, 0.15) is 27.2 Å². The summed E-state index contributed by atoms with van der Waals surface area (Å²) >= 11 is 0. The average molecular weight is 287 g/mol. The Kier molecular flexibility index (Phi) is 3.84. The third kappa shape index (κ3) is 2.54. The number of carboxylic acid groups (broad SMARTS) is 1. The van der Waals surface area contributed by atoms with Gasteiger partial charge in [-0.05, 0) is 44.0 Å². The van der Waals surface area contributed by atoms with E-state index in [2.05, 4.69) is 0 Å². The molecule has 0 radical (unpaired) electrons. The summed E-state index contributed by atoms with van der Waals surface area (Å²) in [5.41, 5.74) is 2.19. The third-order valence-corrected chi connectivity index (χ3v) is 3.44. The van der Waals surface area contributed by atoms with E-state index in [1.807, 2.05) is 13.0 Å². The summed E-state index contributed by atoms with van der Waals surface area (Å²) in [6.07, 6.45) is 0. The van der Waals surface area contributed by atoms with Crippen LogP contribution in [0.4, 0.5) is 0 Å². The van der Waals surface area contributed by atoms with Crippen molar-refractivity contribution in [2.24, 2.45) is 0 Å². The van der Waals surface area contributed by atoms with Gasteiger partial charge in [0.15, 0.2) is 0 Å². The maximum Gasteiger partial charge on any atom is 0.337 e. The predicted molar refractivity (Wildman–Crippen MR) is 79.8 cm³/mol. The molecule has 0 atom stereocenters. The molecule has 0 unspecified atom stereocenters. The molecule has 21 heavy (non-hydrogen) atoms. The van der Waals surface area contributed by atoms with Crippen LogP contribution >= 0.6 is 0 Å². The second-order valence-corrected chi connectivity index (χ2v) is 4.94. The summed E-state index contributed by atoms with van der Waals surface area (Å²) in [5.74, 6) is -0.531. The Morgan fingerprint density at radius 2 is 1.86 bits per heavy atom. The number of ether oxygens (including phenoxy) is 1. The molecule has 2 rings (SSSR count). The number of aromatic nitrogens is 1. The van der Waals surface area contributed by atoms with Gasteiger partial charge < -0.3 is 9.84 Å². The number of aromatic carboxylic acids is 1. The highest BCUT2D eigenvalue weighted by molar-refractivity contribution is 5.90. The monoisotopic (exact) mass is 287 g/mol. The molecule has 2 aromatic rings. The van der Waals surface area contributed by atoms with Gasteiger partial charge >= 0.3 is 5.97 Å². The number of hydrogen-bond donors (Lipinski definition) is 1. The molecule has 5 nitrogen and oxygen atoms in total. The highest BCUT2D eigenvalue weighted by Crippen LogP contribution is 2.25. The van der Waals surface area contributed by atoms with Crippen molar-refractivity contribution in [3.05, 3.63) is 57.0 Å². The Morgan fingerprint density at radius 1 is 1.19 bits per heavy atom. The lowest BCUT2D eigenvalue weighted by Crippen LogP contribution is -2.24. The zero-order valence-corrected chi connectivity index (χ0v) is 12.4. The molecule has 0 aliphatic carbocycles. The maximum atomic E-state index is 12.3. The summed E-state index contributed by atoms with van der Waals surface area (Å²) in [6.45, 7) is 5.14. The fraction of sp³-hybridized carbons (Fsp3) is 0.250. The Morgan fingerprint density at radius 3 is 2.43 bits per heavy atom. The lowest BCUT2D eigenvalue weighted by molar-refractivity contribution is 0.0694. The molecule has 1 aromatic heterocycles. The minimum absolute atomic E-state index is 0.137. The number of benzene rings is 1. The van der Waals surface area contributed by atoms with E-state index in [4.69, 9.17) is 4.74 Å². The van der Waals surface area contributed by atoms with E-state index in [0.29, 0.717) is 22.7 Å². The largest absolute Gasteiger partial charge is 0.495 e. The number of carboxylic acids is 1. The van der Waals surface area contributed by atoms with Gasteiger partial charge in [0.2, 0.25) is 0 Å². The summed E-state index contributed by atoms with van der Waals surface area (Å²) in [7, 11) is 1.51. The van der Waals surface area contributed by atoms with Crippen LogP contribution in [0, 0.1) is 20.8 Å². The van der Waals surface area contributed by atoms with E-state index in [1.165, 1.54) is 17.7 Å². The van der Waals surface area contributed by atoms with E-state index < -0.39 is 5.97 Å². The van der Waals surface area contributed by atoms with E-state index in [1.54, 1.807) is 26.0 Å². The van der Waals surface area contributed by atoms with Crippen LogP contribution in [-0.2, 0) is 0 Å². The minimum atomic E-state index is -1.05. The first-order valence-electron chi connectivity index (χ1n) is 6.48. The van der Waals surface area contributed by atoms with Gasteiger partial charge in [0, 0.05) is 11.8 Å². The zero-order valence-electron chi connectivity index (χ0n) is 12.4. The summed E-state index contributed by atoms with van der Waals surface area (Å²) in [4.78, 5) is 23.7. The van der Waals surface area contributed by atoms with Crippen molar-refractivity contribution in [3.63, 3.8) is 0 Å². The smallest absolute Gasteiger partial charge is 0.337 e. The highest BCUT2D eigenvalue weighted by Gasteiger charge is 2.18. The summed E-state index contributed by atoms with van der Waals surface area (Å²) < 4.78 is 6.67. The number of hydrogen-bond acceptors (Lipinski definition) is 3. The van der Waals surface area contributed by atoms with Gasteiger partial charge in [0.25, 0.3) is 5.56 Å². The third-order valence-electron chi connectivity index (χ3n) is 3.44. The van der Waals surface area contributed by atoms with Crippen molar-refractivity contribution in [2.45, 2.75) is 20.8 Å². The predicted octanol–water partition coefficient (Wildman–Crippen LogP) is 2.47. The molecule has 0 bridgehead atoms. The summed E-state index contributed by atoms with van der Waals surface area (Å²) in [5, 5.41) is 9.34. The molecule has 0 saturated heterocycles. The zero-order chi connectivity index (χ0) is 15.7. The molecular weight excluding hydrogens is 270 g/mol. The number of pyridine rings is 1. The summed E-state index contributed by atoms with van der Waals surface area (Å²) in [6, 6.07) is 6.76. The number of aryl methyl sites for hydroxylation is 2. The van der Waals surface area contributed by atoms with Gasteiger partial charge in [-0.25, -0.2) is 4.79 Å². The van der Waals surface area contributed by atoms with Crippen LogP contribution in [0.25, 0.3) is 5.69 Å². The highest BCUT2D eigenvalue weighted by atomic mass is 16.5. The van der Waals surface area contributed by atoms with Crippen LogP contribution in [0.15, 0.2) is 29.1 Å². The van der Waals surface area contributed by atoms with Crippen LogP contribution in [0.3, 0.4) is 0 Å². The van der Waals surface area contributed by atoms with Gasteiger partial charge in [0.05, 0.1) is 18.4 Å².